The molecule has 0 radical (unpaired) electrons. The monoisotopic (exact) mass is 382 g/mol. The Morgan fingerprint density at radius 3 is 2.54 bits per heavy atom. The molecule has 7 nitrogen and oxygen atoms in total. The quantitative estimate of drug-likeness (QED) is 0.689. The van der Waals surface area contributed by atoms with Gasteiger partial charge < -0.3 is 10.1 Å². The van der Waals surface area contributed by atoms with Crippen molar-refractivity contribution in [2.45, 2.75) is 38.1 Å². The van der Waals surface area contributed by atoms with Crippen molar-refractivity contribution in [2.24, 2.45) is 0 Å². The number of hydrogen-bond donors (Lipinski definition) is 1. The standard InChI is InChI=1S/C18H26N2O5S/c1-25-16-10-8-14(9-11-16)17(21)6-3-7-18(22)19-15-5-4-12-20(13-15)26(2,23)24/h8-11,15H,3-7,12-13H2,1-2H3,(H,19,22). The van der Waals surface area contributed by atoms with Gasteiger partial charge in [-0.15, -0.1) is 0 Å². The van der Waals surface area contributed by atoms with Crippen molar-refractivity contribution in [3.63, 3.8) is 0 Å². The first kappa shape index (κ1) is 20.4. The molecule has 1 atom stereocenters. The van der Waals surface area contributed by atoms with Crippen molar-refractivity contribution in [1.82, 2.24) is 9.62 Å². The van der Waals surface area contributed by atoms with Crippen molar-refractivity contribution in [3.8, 4) is 5.75 Å². The molecular formula is C18H26N2O5S. The minimum absolute atomic E-state index is 0.0126. The minimum Gasteiger partial charge on any atom is -0.497 e. The molecule has 0 aliphatic carbocycles. The van der Waals surface area contributed by atoms with Gasteiger partial charge in [-0.25, -0.2) is 12.7 Å². The Kier molecular flexibility index (Phi) is 7.16. The van der Waals surface area contributed by atoms with Crippen LogP contribution in [0.2, 0.25) is 0 Å². The van der Waals surface area contributed by atoms with Crippen molar-refractivity contribution >= 4 is 21.7 Å². The maximum absolute atomic E-state index is 12.1. The molecule has 1 aromatic carbocycles. The van der Waals surface area contributed by atoms with E-state index in [1.54, 1.807) is 31.4 Å². The second-order valence-corrected chi connectivity index (χ2v) is 8.52. The minimum atomic E-state index is -3.23. The van der Waals surface area contributed by atoms with Gasteiger partial charge in [-0.05, 0) is 43.5 Å². The lowest BCUT2D eigenvalue weighted by molar-refractivity contribution is -0.122. The van der Waals surface area contributed by atoms with E-state index < -0.39 is 10.0 Å². The first-order chi connectivity index (χ1) is 12.3. The van der Waals surface area contributed by atoms with Crippen LogP contribution in [0.1, 0.15) is 42.5 Å². The van der Waals surface area contributed by atoms with Crippen LogP contribution in [0, 0.1) is 0 Å². The lowest BCUT2D eigenvalue weighted by Crippen LogP contribution is -2.49. The predicted molar refractivity (Wildman–Crippen MR) is 98.8 cm³/mol. The van der Waals surface area contributed by atoms with Crippen LogP contribution in [-0.4, -0.2) is 56.9 Å². The van der Waals surface area contributed by atoms with Crippen LogP contribution in [0.15, 0.2) is 24.3 Å². The summed E-state index contributed by atoms with van der Waals surface area (Å²) >= 11 is 0. The average molecular weight is 382 g/mol. The number of hydrogen-bond acceptors (Lipinski definition) is 5. The number of methoxy groups -OCH3 is 1. The van der Waals surface area contributed by atoms with Crippen molar-refractivity contribution in [2.75, 3.05) is 26.5 Å². The van der Waals surface area contributed by atoms with E-state index in [1.807, 2.05) is 0 Å². The van der Waals surface area contributed by atoms with E-state index in [1.165, 1.54) is 10.6 Å². The van der Waals surface area contributed by atoms with E-state index in [9.17, 15) is 18.0 Å². The number of sulfonamides is 1. The number of nitrogens with zero attached hydrogens (tertiary/aromatic N) is 1. The highest BCUT2D eigenvalue weighted by Crippen LogP contribution is 2.15. The first-order valence-corrected chi connectivity index (χ1v) is 10.6. The van der Waals surface area contributed by atoms with Gasteiger partial charge in [0.2, 0.25) is 15.9 Å². The lowest BCUT2D eigenvalue weighted by atomic mass is 10.0. The zero-order chi connectivity index (χ0) is 19.2. The number of carbonyl (C=O) groups is 2. The van der Waals surface area contributed by atoms with Gasteiger partial charge in [-0.2, -0.15) is 0 Å². The molecule has 0 aromatic heterocycles. The molecule has 1 heterocycles. The Morgan fingerprint density at radius 1 is 1.23 bits per heavy atom. The van der Waals surface area contributed by atoms with Crippen molar-refractivity contribution in [3.05, 3.63) is 29.8 Å². The van der Waals surface area contributed by atoms with E-state index in [0.29, 0.717) is 37.2 Å². The molecule has 1 unspecified atom stereocenters. The summed E-state index contributed by atoms with van der Waals surface area (Å²) in [6, 6.07) is 6.72. The van der Waals surface area contributed by atoms with Crippen molar-refractivity contribution in [1.29, 1.82) is 0 Å². The number of ketones is 1. The SMILES string of the molecule is COc1ccc(C(=O)CCCC(=O)NC2CCCN(S(C)(=O)=O)C2)cc1. The van der Waals surface area contributed by atoms with Crippen LogP contribution in [0.4, 0.5) is 0 Å². The highest BCUT2D eigenvalue weighted by molar-refractivity contribution is 7.88. The first-order valence-electron chi connectivity index (χ1n) is 8.71. The van der Waals surface area contributed by atoms with E-state index in [4.69, 9.17) is 4.74 Å². The fourth-order valence-corrected chi connectivity index (χ4v) is 3.90. The molecule has 1 aromatic rings. The molecule has 0 spiro atoms. The number of amides is 1. The maximum Gasteiger partial charge on any atom is 0.220 e. The zero-order valence-corrected chi connectivity index (χ0v) is 16.0. The Morgan fingerprint density at radius 2 is 1.92 bits per heavy atom. The smallest absolute Gasteiger partial charge is 0.220 e. The van der Waals surface area contributed by atoms with E-state index >= 15 is 0 Å². The summed E-state index contributed by atoms with van der Waals surface area (Å²) in [6.45, 7) is 0.816. The number of carbonyl (C=O) groups excluding carboxylic acids is 2. The molecule has 1 amide bonds. The number of Topliss-reactive ketones (excluding diaryl/α,β-unsaturated/α-hetero) is 1. The normalized spacial score (nSPS) is 18.3. The molecule has 1 fully saturated rings. The number of nitrogens with one attached hydrogen (secondary N) is 1. The lowest BCUT2D eigenvalue weighted by Gasteiger charge is -2.31. The van der Waals surface area contributed by atoms with Crippen LogP contribution in [0.3, 0.4) is 0 Å². The highest BCUT2D eigenvalue weighted by atomic mass is 32.2. The highest BCUT2D eigenvalue weighted by Gasteiger charge is 2.26. The van der Waals surface area contributed by atoms with Crippen LogP contribution >= 0.6 is 0 Å². The number of rotatable bonds is 8. The average Bonchev–Trinajstić information content (AvgIpc) is 2.61. The third-order valence-electron chi connectivity index (χ3n) is 4.44. The second kappa shape index (κ2) is 9.14. The molecule has 144 valence electrons. The summed E-state index contributed by atoms with van der Waals surface area (Å²) in [5.74, 6) is 0.533. The molecule has 1 aliphatic heterocycles. The molecule has 0 saturated carbocycles. The van der Waals surface area contributed by atoms with Crippen LogP contribution < -0.4 is 10.1 Å². The van der Waals surface area contributed by atoms with Gasteiger partial charge in [-0.3, -0.25) is 9.59 Å². The van der Waals surface area contributed by atoms with Gasteiger partial charge in [-0.1, -0.05) is 0 Å². The molecule has 2 rings (SSSR count). The molecule has 0 bridgehead atoms. The summed E-state index contributed by atoms with van der Waals surface area (Å²) in [6.07, 6.45) is 3.68. The van der Waals surface area contributed by atoms with E-state index in [0.717, 1.165) is 12.8 Å². The Balaban J connectivity index is 1.73. The fraction of sp³-hybridized carbons (Fsp3) is 0.556. The molecule has 26 heavy (non-hydrogen) atoms. The van der Waals surface area contributed by atoms with Gasteiger partial charge in [0.1, 0.15) is 5.75 Å². The number of ether oxygens (including phenoxy) is 1. The number of benzene rings is 1. The topological polar surface area (TPSA) is 92.8 Å². The van der Waals surface area contributed by atoms with E-state index in [2.05, 4.69) is 5.32 Å². The van der Waals surface area contributed by atoms with Crippen LogP contribution in [0.25, 0.3) is 0 Å². The van der Waals surface area contributed by atoms with Crippen LogP contribution in [0.5, 0.6) is 5.75 Å². The fourth-order valence-electron chi connectivity index (χ4n) is 2.99. The van der Waals surface area contributed by atoms with Gasteiger partial charge in [0.25, 0.3) is 0 Å². The van der Waals surface area contributed by atoms with E-state index in [-0.39, 0.29) is 24.2 Å². The summed E-state index contributed by atoms with van der Waals surface area (Å²) < 4.78 is 29.7. The van der Waals surface area contributed by atoms with Gasteiger partial charge >= 0.3 is 0 Å². The summed E-state index contributed by atoms with van der Waals surface area (Å²) in [5, 5.41) is 2.88. The van der Waals surface area contributed by atoms with Gasteiger partial charge in [0.05, 0.1) is 13.4 Å². The summed E-state index contributed by atoms with van der Waals surface area (Å²) in [5.41, 5.74) is 0.599. The molecule has 1 aliphatic rings. The maximum atomic E-state index is 12.1. The third-order valence-corrected chi connectivity index (χ3v) is 5.71. The molecule has 8 heteroatoms. The third kappa shape index (κ3) is 6.10. The molecule has 1 N–H and O–H groups in total. The summed E-state index contributed by atoms with van der Waals surface area (Å²) in [4.78, 5) is 24.2. The molecular weight excluding hydrogens is 356 g/mol. The summed E-state index contributed by atoms with van der Waals surface area (Å²) in [7, 11) is -1.66. The predicted octanol–water partition coefficient (Wildman–Crippen LogP) is 1.59. The Hall–Kier alpha value is -1.93. The Bertz CT molecular complexity index is 730. The second-order valence-electron chi connectivity index (χ2n) is 6.53. The van der Waals surface area contributed by atoms with Crippen LogP contribution in [-0.2, 0) is 14.8 Å². The Labute approximate surface area is 154 Å². The molecule has 1 saturated heterocycles. The van der Waals surface area contributed by atoms with Gasteiger partial charge in [0.15, 0.2) is 5.78 Å². The largest absolute Gasteiger partial charge is 0.497 e. The van der Waals surface area contributed by atoms with Gasteiger partial charge in [0, 0.05) is 37.5 Å². The zero-order valence-electron chi connectivity index (χ0n) is 15.2. The number of piperidine rings is 1. The van der Waals surface area contributed by atoms with Crippen molar-refractivity contribution < 1.29 is 22.7 Å².